The molecule has 2 aromatic rings. The third kappa shape index (κ3) is 3.26. The van der Waals surface area contributed by atoms with E-state index >= 15 is 0 Å². The summed E-state index contributed by atoms with van der Waals surface area (Å²) in [6, 6.07) is 6.64. The molecule has 108 valence electrons. The van der Waals surface area contributed by atoms with E-state index in [-0.39, 0.29) is 27.9 Å². The van der Waals surface area contributed by atoms with E-state index in [0.29, 0.717) is 5.69 Å². The van der Waals surface area contributed by atoms with Gasteiger partial charge in [-0.3, -0.25) is 10.1 Å². The Morgan fingerprint density at radius 2 is 2.10 bits per heavy atom. The monoisotopic (exact) mass is 308 g/mol. The van der Waals surface area contributed by atoms with Crippen LogP contribution in [0.3, 0.4) is 0 Å². The third-order valence-corrected chi connectivity index (χ3v) is 2.79. The molecule has 0 atom stereocenters. The first-order valence-corrected chi connectivity index (χ1v) is 6.09. The normalized spacial score (nSPS) is 10.2. The number of carboxylic acid groups (broad SMARTS) is 1. The summed E-state index contributed by atoms with van der Waals surface area (Å²) in [5.41, 5.74) is -0.0616. The van der Waals surface area contributed by atoms with Crippen molar-refractivity contribution < 1.29 is 19.6 Å². The second-order valence-corrected chi connectivity index (χ2v) is 4.52. The number of carbonyl (C=O) groups is 1. The highest BCUT2D eigenvalue weighted by Crippen LogP contribution is 2.32. The zero-order valence-corrected chi connectivity index (χ0v) is 11.5. The van der Waals surface area contributed by atoms with Crippen LogP contribution in [-0.2, 0) is 0 Å². The first-order chi connectivity index (χ1) is 9.88. The fourth-order valence-electron chi connectivity index (χ4n) is 1.60. The lowest BCUT2D eigenvalue weighted by Crippen LogP contribution is -2.02. The van der Waals surface area contributed by atoms with E-state index in [1.165, 1.54) is 30.3 Å². The Kier molecular flexibility index (Phi) is 4.04. The van der Waals surface area contributed by atoms with Crippen LogP contribution in [0.25, 0.3) is 0 Å². The molecule has 1 aromatic carbocycles. The van der Waals surface area contributed by atoms with Gasteiger partial charge in [-0.1, -0.05) is 11.6 Å². The number of aromatic carboxylic acids is 1. The lowest BCUT2D eigenvalue weighted by molar-refractivity contribution is -0.386. The van der Waals surface area contributed by atoms with Crippen LogP contribution in [0.15, 0.2) is 30.3 Å². The highest BCUT2D eigenvalue weighted by Gasteiger charge is 2.20. The first kappa shape index (κ1) is 14.7. The number of nitrogens with zero attached hydrogens (tertiary/aromatic N) is 2. The van der Waals surface area contributed by atoms with Gasteiger partial charge in [-0.25, -0.2) is 9.78 Å². The molecule has 0 saturated heterocycles. The fraction of sp³-hybridized carbons (Fsp3) is 0.0769. The summed E-state index contributed by atoms with van der Waals surface area (Å²) in [4.78, 5) is 25.4. The van der Waals surface area contributed by atoms with E-state index in [1.54, 1.807) is 6.92 Å². The SMILES string of the molecule is Cc1ccc([N+](=O)[O-])c(Oc2ccc(Cl)cc2C(=O)O)n1. The maximum atomic E-state index is 11.2. The van der Waals surface area contributed by atoms with Gasteiger partial charge in [-0.2, -0.15) is 0 Å². The predicted molar refractivity (Wildman–Crippen MR) is 74.1 cm³/mol. The highest BCUT2D eigenvalue weighted by molar-refractivity contribution is 6.31. The van der Waals surface area contributed by atoms with E-state index in [2.05, 4.69) is 4.98 Å². The molecule has 0 unspecified atom stereocenters. The van der Waals surface area contributed by atoms with Crippen molar-refractivity contribution in [1.29, 1.82) is 0 Å². The fourth-order valence-corrected chi connectivity index (χ4v) is 1.77. The molecule has 1 heterocycles. The van der Waals surface area contributed by atoms with Crippen molar-refractivity contribution in [3.8, 4) is 11.6 Å². The van der Waals surface area contributed by atoms with E-state index in [4.69, 9.17) is 21.4 Å². The molecule has 0 aliphatic carbocycles. The van der Waals surface area contributed by atoms with Gasteiger partial charge in [-0.15, -0.1) is 0 Å². The molecule has 2 rings (SSSR count). The van der Waals surface area contributed by atoms with Gasteiger partial charge in [0.1, 0.15) is 11.3 Å². The lowest BCUT2D eigenvalue weighted by atomic mass is 10.2. The number of rotatable bonds is 4. The molecule has 1 aromatic heterocycles. The molecule has 0 radical (unpaired) electrons. The zero-order chi connectivity index (χ0) is 15.6. The van der Waals surface area contributed by atoms with Crippen LogP contribution in [0.2, 0.25) is 5.02 Å². The quantitative estimate of drug-likeness (QED) is 0.685. The van der Waals surface area contributed by atoms with Crippen LogP contribution in [-0.4, -0.2) is 21.0 Å². The van der Waals surface area contributed by atoms with Gasteiger partial charge in [0.2, 0.25) is 0 Å². The molecular weight excluding hydrogens is 300 g/mol. The minimum atomic E-state index is -1.26. The van der Waals surface area contributed by atoms with Crippen LogP contribution in [0.1, 0.15) is 16.1 Å². The number of hydrogen-bond acceptors (Lipinski definition) is 5. The Morgan fingerprint density at radius 3 is 2.71 bits per heavy atom. The van der Waals surface area contributed by atoms with E-state index in [1.807, 2.05) is 0 Å². The van der Waals surface area contributed by atoms with Crippen molar-refractivity contribution in [3.63, 3.8) is 0 Å². The summed E-state index contributed by atoms with van der Waals surface area (Å²) in [6.07, 6.45) is 0. The minimum absolute atomic E-state index is 0.0758. The van der Waals surface area contributed by atoms with E-state index in [9.17, 15) is 14.9 Å². The van der Waals surface area contributed by atoms with Crippen LogP contribution >= 0.6 is 11.6 Å². The molecule has 0 amide bonds. The summed E-state index contributed by atoms with van der Waals surface area (Å²) in [5.74, 6) is -1.61. The number of aromatic nitrogens is 1. The smallest absolute Gasteiger partial charge is 0.339 e. The molecule has 7 nitrogen and oxygen atoms in total. The summed E-state index contributed by atoms with van der Waals surface area (Å²) in [6.45, 7) is 1.64. The van der Waals surface area contributed by atoms with Gasteiger partial charge >= 0.3 is 11.7 Å². The standard InChI is InChI=1S/C13H9ClN2O5/c1-7-2-4-10(16(19)20)12(15-7)21-11-5-3-8(14)6-9(11)13(17)18/h2-6H,1H3,(H,17,18). The summed E-state index contributed by atoms with van der Waals surface area (Å²) >= 11 is 5.73. The van der Waals surface area contributed by atoms with Gasteiger partial charge in [0, 0.05) is 16.8 Å². The van der Waals surface area contributed by atoms with Crippen molar-refractivity contribution in [2.75, 3.05) is 0 Å². The molecule has 0 aliphatic heterocycles. The van der Waals surface area contributed by atoms with Crippen LogP contribution < -0.4 is 4.74 Å². The molecule has 8 heteroatoms. The van der Waals surface area contributed by atoms with Crippen molar-refractivity contribution in [2.24, 2.45) is 0 Å². The van der Waals surface area contributed by atoms with Gasteiger partial charge in [-0.05, 0) is 31.2 Å². The molecule has 0 saturated carbocycles. The Morgan fingerprint density at radius 1 is 1.38 bits per heavy atom. The Labute approximate surface area is 123 Å². The lowest BCUT2D eigenvalue weighted by Gasteiger charge is -2.09. The number of ether oxygens (including phenoxy) is 1. The van der Waals surface area contributed by atoms with E-state index < -0.39 is 10.9 Å². The van der Waals surface area contributed by atoms with Gasteiger partial charge in [0.15, 0.2) is 0 Å². The number of hydrogen-bond donors (Lipinski definition) is 1. The number of halogens is 1. The topological polar surface area (TPSA) is 103 Å². The second kappa shape index (κ2) is 5.76. The molecule has 21 heavy (non-hydrogen) atoms. The maximum Gasteiger partial charge on any atom is 0.339 e. The van der Waals surface area contributed by atoms with Crippen LogP contribution in [0, 0.1) is 17.0 Å². The number of carboxylic acids is 1. The largest absolute Gasteiger partial charge is 0.478 e. The minimum Gasteiger partial charge on any atom is -0.478 e. The Bertz CT molecular complexity index is 732. The number of benzene rings is 1. The molecular formula is C13H9ClN2O5. The number of nitro groups is 1. The van der Waals surface area contributed by atoms with Crippen molar-refractivity contribution in [3.05, 3.63) is 56.7 Å². The van der Waals surface area contributed by atoms with Crippen LogP contribution in [0.4, 0.5) is 5.69 Å². The van der Waals surface area contributed by atoms with Crippen molar-refractivity contribution in [2.45, 2.75) is 6.92 Å². The molecule has 0 aliphatic rings. The average molecular weight is 309 g/mol. The Balaban J connectivity index is 2.50. The van der Waals surface area contributed by atoms with Crippen molar-refractivity contribution >= 4 is 23.3 Å². The average Bonchev–Trinajstić information content (AvgIpc) is 2.40. The summed E-state index contributed by atoms with van der Waals surface area (Å²) in [5, 5.41) is 20.3. The van der Waals surface area contributed by atoms with E-state index in [0.717, 1.165) is 0 Å². The highest BCUT2D eigenvalue weighted by atomic mass is 35.5. The van der Waals surface area contributed by atoms with Crippen LogP contribution in [0.5, 0.6) is 11.6 Å². The molecule has 0 bridgehead atoms. The summed E-state index contributed by atoms with van der Waals surface area (Å²) in [7, 11) is 0. The number of pyridine rings is 1. The molecule has 0 fully saturated rings. The second-order valence-electron chi connectivity index (χ2n) is 4.08. The maximum absolute atomic E-state index is 11.2. The van der Waals surface area contributed by atoms with Gasteiger partial charge in [0.05, 0.1) is 4.92 Å². The number of aryl methyl sites for hydroxylation is 1. The third-order valence-electron chi connectivity index (χ3n) is 2.55. The van der Waals surface area contributed by atoms with Gasteiger partial charge < -0.3 is 9.84 Å². The van der Waals surface area contributed by atoms with Gasteiger partial charge in [0.25, 0.3) is 5.88 Å². The molecule has 0 spiro atoms. The summed E-state index contributed by atoms with van der Waals surface area (Å²) < 4.78 is 5.31. The molecule has 1 N–H and O–H groups in total. The zero-order valence-electron chi connectivity index (χ0n) is 10.7. The Hall–Kier alpha value is -2.67. The first-order valence-electron chi connectivity index (χ1n) is 5.71. The predicted octanol–water partition coefficient (Wildman–Crippen LogP) is 3.44. The van der Waals surface area contributed by atoms with Crippen molar-refractivity contribution in [1.82, 2.24) is 4.98 Å².